The molecule has 2 atom stereocenters. The lowest BCUT2D eigenvalue weighted by Crippen LogP contribution is -2.31. The minimum atomic E-state index is -0.0512. The van der Waals surface area contributed by atoms with E-state index in [9.17, 15) is 4.79 Å². The topological polar surface area (TPSA) is 52.9 Å². The molecule has 1 amide bonds. The van der Waals surface area contributed by atoms with E-state index in [1.807, 2.05) is 6.07 Å². The number of halogens is 1. The van der Waals surface area contributed by atoms with Crippen molar-refractivity contribution in [2.24, 2.45) is 11.8 Å². The third-order valence-corrected chi connectivity index (χ3v) is 4.65. The highest BCUT2D eigenvalue weighted by Crippen LogP contribution is 2.32. The van der Waals surface area contributed by atoms with E-state index in [-0.39, 0.29) is 5.91 Å². The number of amides is 1. The Morgan fingerprint density at radius 1 is 1.32 bits per heavy atom. The van der Waals surface area contributed by atoms with Gasteiger partial charge in [-0.25, -0.2) is 0 Å². The smallest absolute Gasteiger partial charge is 0.251 e. The molecule has 2 rings (SSSR count). The van der Waals surface area contributed by atoms with E-state index in [4.69, 9.17) is 5.26 Å². The van der Waals surface area contributed by atoms with Gasteiger partial charge in [0.05, 0.1) is 11.6 Å². The molecule has 1 saturated carbocycles. The first-order valence-electron chi connectivity index (χ1n) is 6.59. The van der Waals surface area contributed by atoms with Crippen LogP contribution in [0.1, 0.15) is 35.2 Å². The van der Waals surface area contributed by atoms with Crippen LogP contribution in [0.5, 0.6) is 0 Å². The number of nitrogens with one attached hydrogen (secondary N) is 1. The van der Waals surface area contributed by atoms with Gasteiger partial charge in [0.2, 0.25) is 0 Å². The number of alkyl halides is 1. The summed E-state index contributed by atoms with van der Waals surface area (Å²) in [4.78, 5) is 12.0. The Bertz CT molecular complexity index is 478. The highest BCUT2D eigenvalue weighted by molar-refractivity contribution is 9.09. The summed E-state index contributed by atoms with van der Waals surface area (Å²) in [6.45, 7) is 0.745. The summed E-state index contributed by atoms with van der Waals surface area (Å²) in [5, 5.41) is 12.7. The van der Waals surface area contributed by atoms with Gasteiger partial charge in [-0.1, -0.05) is 22.4 Å². The van der Waals surface area contributed by atoms with Crippen LogP contribution in [0, 0.1) is 23.2 Å². The number of carbonyl (C=O) groups is 1. The van der Waals surface area contributed by atoms with E-state index < -0.39 is 0 Å². The Kier molecular flexibility index (Phi) is 4.98. The van der Waals surface area contributed by atoms with Crippen LogP contribution in [0.4, 0.5) is 0 Å². The summed E-state index contributed by atoms with van der Waals surface area (Å²) < 4.78 is 0. The first kappa shape index (κ1) is 14.1. The zero-order valence-corrected chi connectivity index (χ0v) is 12.3. The second-order valence-electron chi connectivity index (χ2n) is 5.00. The van der Waals surface area contributed by atoms with E-state index in [0.717, 1.165) is 11.9 Å². The Morgan fingerprint density at radius 2 is 2.00 bits per heavy atom. The van der Waals surface area contributed by atoms with Gasteiger partial charge in [-0.2, -0.15) is 5.26 Å². The molecule has 0 saturated heterocycles. The van der Waals surface area contributed by atoms with Gasteiger partial charge in [0.25, 0.3) is 5.91 Å². The normalized spacial score (nSPS) is 21.9. The van der Waals surface area contributed by atoms with E-state index in [1.54, 1.807) is 24.3 Å². The molecule has 100 valence electrons. The average Bonchev–Trinajstić information content (AvgIpc) is 2.92. The number of nitrogens with zero attached hydrogens (tertiary/aromatic N) is 1. The zero-order chi connectivity index (χ0) is 13.7. The Hall–Kier alpha value is -1.34. The number of benzene rings is 1. The van der Waals surface area contributed by atoms with Crippen molar-refractivity contribution < 1.29 is 4.79 Å². The van der Waals surface area contributed by atoms with Crippen LogP contribution in [-0.2, 0) is 0 Å². The average molecular weight is 321 g/mol. The molecule has 4 heteroatoms. The van der Waals surface area contributed by atoms with Crippen LogP contribution in [0.3, 0.4) is 0 Å². The fraction of sp³-hybridized carbons (Fsp3) is 0.467. The van der Waals surface area contributed by atoms with Gasteiger partial charge in [-0.05, 0) is 48.9 Å². The number of rotatable bonds is 4. The standard InChI is InChI=1S/C15H17BrN2O/c16-8-13-2-1-3-14(13)10-18-15(19)12-6-4-11(9-17)5-7-12/h4-7,13-14H,1-3,8,10H2,(H,18,19). The van der Waals surface area contributed by atoms with Crippen molar-refractivity contribution in [1.29, 1.82) is 5.26 Å². The van der Waals surface area contributed by atoms with Crippen LogP contribution < -0.4 is 5.32 Å². The van der Waals surface area contributed by atoms with Crippen LogP contribution in [0.15, 0.2) is 24.3 Å². The lowest BCUT2D eigenvalue weighted by Gasteiger charge is -2.17. The molecule has 0 aliphatic heterocycles. The van der Waals surface area contributed by atoms with Gasteiger partial charge < -0.3 is 5.32 Å². The van der Waals surface area contributed by atoms with Gasteiger partial charge in [0, 0.05) is 17.4 Å². The molecule has 0 bridgehead atoms. The van der Waals surface area contributed by atoms with Crippen LogP contribution in [0.25, 0.3) is 0 Å². The first-order chi connectivity index (χ1) is 9.24. The summed E-state index contributed by atoms with van der Waals surface area (Å²) in [5.74, 6) is 1.22. The molecule has 1 aliphatic rings. The lowest BCUT2D eigenvalue weighted by molar-refractivity contribution is 0.0945. The maximum Gasteiger partial charge on any atom is 0.251 e. The lowest BCUT2D eigenvalue weighted by atomic mass is 9.98. The summed E-state index contributed by atoms with van der Waals surface area (Å²) in [7, 11) is 0. The van der Waals surface area contributed by atoms with E-state index >= 15 is 0 Å². The van der Waals surface area contributed by atoms with Gasteiger partial charge >= 0.3 is 0 Å². The van der Waals surface area contributed by atoms with Gasteiger partial charge in [0.1, 0.15) is 0 Å². The van der Waals surface area contributed by atoms with Crippen molar-refractivity contribution in [2.75, 3.05) is 11.9 Å². The van der Waals surface area contributed by atoms with Crippen molar-refractivity contribution in [2.45, 2.75) is 19.3 Å². The molecule has 0 radical (unpaired) electrons. The molecular weight excluding hydrogens is 304 g/mol. The second-order valence-corrected chi connectivity index (χ2v) is 5.65. The van der Waals surface area contributed by atoms with Crippen molar-refractivity contribution in [1.82, 2.24) is 5.32 Å². The van der Waals surface area contributed by atoms with Crippen molar-refractivity contribution in [3.63, 3.8) is 0 Å². The third-order valence-electron chi connectivity index (χ3n) is 3.82. The highest BCUT2D eigenvalue weighted by Gasteiger charge is 2.26. The monoisotopic (exact) mass is 320 g/mol. The summed E-state index contributed by atoms with van der Waals surface area (Å²) in [6.07, 6.45) is 3.71. The molecule has 1 fully saturated rings. The molecule has 3 nitrogen and oxygen atoms in total. The number of carbonyl (C=O) groups excluding carboxylic acids is 1. The quantitative estimate of drug-likeness (QED) is 0.867. The minimum Gasteiger partial charge on any atom is -0.352 e. The molecule has 1 aromatic carbocycles. The van der Waals surface area contributed by atoms with E-state index in [0.29, 0.717) is 23.0 Å². The number of nitriles is 1. The SMILES string of the molecule is N#Cc1ccc(C(=O)NCC2CCCC2CBr)cc1. The van der Waals surface area contributed by atoms with Crippen LogP contribution in [0.2, 0.25) is 0 Å². The third kappa shape index (κ3) is 3.57. The van der Waals surface area contributed by atoms with Crippen molar-refractivity contribution >= 4 is 21.8 Å². The molecule has 0 spiro atoms. The number of hydrogen-bond donors (Lipinski definition) is 1. The van der Waals surface area contributed by atoms with Crippen LogP contribution in [-0.4, -0.2) is 17.8 Å². The van der Waals surface area contributed by atoms with Gasteiger partial charge in [-0.3, -0.25) is 4.79 Å². The molecule has 0 aromatic heterocycles. The molecule has 0 heterocycles. The summed E-state index contributed by atoms with van der Waals surface area (Å²) >= 11 is 3.54. The highest BCUT2D eigenvalue weighted by atomic mass is 79.9. The largest absolute Gasteiger partial charge is 0.352 e. The Morgan fingerprint density at radius 3 is 2.63 bits per heavy atom. The molecule has 1 aromatic rings. The van der Waals surface area contributed by atoms with Crippen molar-refractivity contribution in [3.05, 3.63) is 35.4 Å². The van der Waals surface area contributed by atoms with Gasteiger partial charge in [-0.15, -0.1) is 0 Å². The predicted molar refractivity (Wildman–Crippen MR) is 78.1 cm³/mol. The molecule has 19 heavy (non-hydrogen) atoms. The Balaban J connectivity index is 1.88. The van der Waals surface area contributed by atoms with Crippen LogP contribution >= 0.6 is 15.9 Å². The molecule has 2 unspecified atom stereocenters. The maximum absolute atomic E-state index is 12.0. The fourth-order valence-corrected chi connectivity index (χ4v) is 3.46. The second kappa shape index (κ2) is 6.72. The fourth-order valence-electron chi connectivity index (χ4n) is 2.61. The van der Waals surface area contributed by atoms with Gasteiger partial charge in [0.15, 0.2) is 0 Å². The van der Waals surface area contributed by atoms with Crippen molar-refractivity contribution in [3.8, 4) is 6.07 Å². The molecular formula is C15H17BrN2O. The number of hydrogen-bond acceptors (Lipinski definition) is 2. The Labute approximate surface area is 122 Å². The maximum atomic E-state index is 12.0. The first-order valence-corrected chi connectivity index (χ1v) is 7.71. The zero-order valence-electron chi connectivity index (χ0n) is 10.7. The van der Waals surface area contributed by atoms with E-state index in [2.05, 4.69) is 21.2 Å². The minimum absolute atomic E-state index is 0.0512. The predicted octanol–water partition coefficient (Wildman–Crippen LogP) is 3.10. The molecule has 1 N–H and O–H groups in total. The summed E-state index contributed by atoms with van der Waals surface area (Å²) in [6, 6.07) is 8.79. The molecule has 1 aliphatic carbocycles. The summed E-state index contributed by atoms with van der Waals surface area (Å²) in [5.41, 5.74) is 1.19. The van der Waals surface area contributed by atoms with E-state index in [1.165, 1.54) is 19.3 Å².